The van der Waals surface area contributed by atoms with E-state index in [0.29, 0.717) is 22.9 Å². The van der Waals surface area contributed by atoms with Gasteiger partial charge in [-0.05, 0) is 38.5 Å². The Labute approximate surface area is 122 Å². The molecule has 110 valence electrons. The maximum atomic E-state index is 12.4. The number of aromatic amines is 1. The number of H-pyrrole nitrogens is 1. The highest BCUT2D eigenvalue weighted by atomic mass is 32.2. The van der Waals surface area contributed by atoms with Crippen molar-refractivity contribution in [2.24, 2.45) is 5.92 Å². The van der Waals surface area contributed by atoms with E-state index in [1.807, 2.05) is 6.92 Å². The molecule has 6 nitrogen and oxygen atoms in total. The van der Waals surface area contributed by atoms with E-state index in [9.17, 15) is 4.79 Å². The number of carbonyl (C=O) groups is 1. The predicted octanol–water partition coefficient (Wildman–Crippen LogP) is 1.28. The van der Waals surface area contributed by atoms with Crippen LogP contribution < -0.4 is 5.32 Å². The van der Waals surface area contributed by atoms with Crippen LogP contribution >= 0.6 is 11.8 Å². The van der Waals surface area contributed by atoms with Gasteiger partial charge in [-0.15, -0.1) is 5.10 Å². The molecule has 0 aliphatic heterocycles. The summed E-state index contributed by atoms with van der Waals surface area (Å²) in [4.78, 5) is 16.6. The van der Waals surface area contributed by atoms with E-state index in [2.05, 4.69) is 20.5 Å². The Bertz CT molecular complexity index is 498. The monoisotopic (exact) mass is 296 g/mol. The molecule has 0 radical (unpaired) electrons. The quantitative estimate of drug-likeness (QED) is 0.583. The zero-order valence-electron chi connectivity index (χ0n) is 11.8. The smallest absolute Gasteiger partial charge is 0.327 e. The molecule has 2 fully saturated rings. The number of ether oxygens (including phenoxy) is 1. The van der Waals surface area contributed by atoms with Crippen molar-refractivity contribution < 1.29 is 9.53 Å². The predicted molar refractivity (Wildman–Crippen MR) is 75.5 cm³/mol. The Kier molecular flexibility index (Phi) is 3.72. The van der Waals surface area contributed by atoms with Crippen molar-refractivity contribution in [1.29, 1.82) is 0 Å². The molecule has 2 saturated carbocycles. The summed E-state index contributed by atoms with van der Waals surface area (Å²) >= 11 is 1.51. The van der Waals surface area contributed by atoms with Gasteiger partial charge >= 0.3 is 5.97 Å². The molecule has 7 heteroatoms. The zero-order valence-corrected chi connectivity index (χ0v) is 12.6. The summed E-state index contributed by atoms with van der Waals surface area (Å²) < 4.78 is 5.08. The van der Waals surface area contributed by atoms with Gasteiger partial charge in [0.15, 0.2) is 0 Å². The lowest BCUT2D eigenvalue weighted by molar-refractivity contribution is -0.148. The van der Waals surface area contributed by atoms with Crippen molar-refractivity contribution >= 4 is 17.7 Å². The average Bonchev–Trinajstić information content (AvgIpc) is 3.34. The minimum absolute atomic E-state index is 0.147. The Morgan fingerprint density at radius 1 is 1.50 bits per heavy atom. The minimum atomic E-state index is -0.574. The first kappa shape index (κ1) is 13.9. The normalized spacial score (nSPS) is 21.5. The average molecular weight is 296 g/mol. The van der Waals surface area contributed by atoms with Gasteiger partial charge in [-0.1, -0.05) is 11.8 Å². The molecule has 1 heterocycles. The summed E-state index contributed by atoms with van der Waals surface area (Å²) in [5, 5.41) is 11.2. The molecular weight excluding hydrogens is 276 g/mol. The van der Waals surface area contributed by atoms with Crippen LogP contribution in [0.2, 0.25) is 0 Å². The Balaban J connectivity index is 1.74. The molecule has 1 atom stereocenters. The summed E-state index contributed by atoms with van der Waals surface area (Å²) in [5.74, 6) is 1.64. The lowest BCUT2D eigenvalue weighted by Gasteiger charge is -2.31. The number of hydrogen-bond donors (Lipinski definition) is 2. The number of aromatic nitrogens is 3. The molecule has 20 heavy (non-hydrogen) atoms. The molecule has 2 aliphatic carbocycles. The molecule has 0 spiro atoms. The highest BCUT2D eigenvalue weighted by molar-refractivity contribution is 7.99. The largest absolute Gasteiger partial charge is 0.468 e. The van der Waals surface area contributed by atoms with Crippen LogP contribution in [0.25, 0.3) is 0 Å². The van der Waals surface area contributed by atoms with Gasteiger partial charge in [0.25, 0.3) is 0 Å². The summed E-state index contributed by atoms with van der Waals surface area (Å²) in [6.45, 7) is 1.87. The second-order valence-corrected chi connectivity index (χ2v) is 6.59. The van der Waals surface area contributed by atoms with Gasteiger partial charge in [0.05, 0.1) is 7.11 Å². The third kappa shape index (κ3) is 2.83. The summed E-state index contributed by atoms with van der Waals surface area (Å²) in [6, 6.07) is 0.462. The molecule has 2 N–H and O–H groups in total. The van der Waals surface area contributed by atoms with Crippen LogP contribution in [0, 0.1) is 12.8 Å². The SMILES string of the molecule is COC(=O)C(CSc1n[nH]c(C)n1)(NC1CC1)C1CC1. The number of methoxy groups -OCH3 is 1. The molecule has 3 rings (SSSR count). The molecule has 1 aromatic rings. The van der Waals surface area contributed by atoms with Gasteiger partial charge in [0, 0.05) is 11.8 Å². The Morgan fingerprint density at radius 3 is 2.75 bits per heavy atom. The van der Waals surface area contributed by atoms with Crippen LogP contribution in [0.4, 0.5) is 0 Å². The number of thioether (sulfide) groups is 1. The molecule has 0 saturated heterocycles. The van der Waals surface area contributed by atoms with Gasteiger partial charge in [0.1, 0.15) is 11.4 Å². The number of carbonyl (C=O) groups excluding carboxylic acids is 1. The topological polar surface area (TPSA) is 79.9 Å². The fourth-order valence-electron chi connectivity index (χ4n) is 2.48. The van der Waals surface area contributed by atoms with Gasteiger partial charge in [-0.25, -0.2) is 4.98 Å². The second-order valence-electron chi connectivity index (χ2n) is 5.65. The van der Waals surface area contributed by atoms with Crippen LogP contribution in [0.15, 0.2) is 5.16 Å². The molecule has 1 aromatic heterocycles. The van der Waals surface area contributed by atoms with E-state index in [1.165, 1.54) is 18.9 Å². The number of aryl methyl sites for hydroxylation is 1. The molecule has 0 aromatic carbocycles. The van der Waals surface area contributed by atoms with E-state index < -0.39 is 5.54 Å². The molecular formula is C13H20N4O2S. The lowest BCUT2D eigenvalue weighted by atomic mass is 9.95. The highest BCUT2D eigenvalue weighted by Crippen LogP contribution is 2.44. The van der Waals surface area contributed by atoms with E-state index in [4.69, 9.17) is 4.74 Å². The minimum Gasteiger partial charge on any atom is -0.468 e. The van der Waals surface area contributed by atoms with E-state index in [-0.39, 0.29) is 5.97 Å². The van der Waals surface area contributed by atoms with Crippen molar-refractivity contribution in [3.05, 3.63) is 5.82 Å². The van der Waals surface area contributed by atoms with Crippen molar-refractivity contribution in [3.8, 4) is 0 Å². The number of hydrogen-bond acceptors (Lipinski definition) is 6. The third-order valence-electron chi connectivity index (χ3n) is 3.87. The standard InChI is InChI=1S/C13H20N4O2S/c1-8-14-12(17-16-8)20-7-13(9-3-4-9,11(18)19-2)15-10-5-6-10/h9-10,15H,3-7H2,1-2H3,(H,14,16,17). The van der Waals surface area contributed by atoms with Crippen LogP contribution in [0.5, 0.6) is 0 Å². The van der Waals surface area contributed by atoms with E-state index in [1.54, 1.807) is 0 Å². The van der Waals surface area contributed by atoms with Gasteiger partial charge in [-0.3, -0.25) is 15.2 Å². The Hall–Kier alpha value is -1.08. The zero-order chi connectivity index (χ0) is 14.2. The number of rotatable bonds is 7. The third-order valence-corrected chi connectivity index (χ3v) is 4.91. The first-order chi connectivity index (χ1) is 9.64. The van der Waals surface area contributed by atoms with E-state index >= 15 is 0 Å². The Morgan fingerprint density at radius 2 is 2.25 bits per heavy atom. The van der Waals surface area contributed by atoms with E-state index in [0.717, 1.165) is 31.5 Å². The number of nitrogens with zero attached hydrogens (tertiary/aromatic N) is 2. The maximum Gasteiger partial charge on any atom is 0.327 e. The van der Waals surface area contributed by atoms with Crippen LogP contribution in [-0.4, -0.2) is 45.6 Å². The maximum absolute atomic E-state index is 12.4. The van der Waals surface area contributed by atoms with Gasteiger partial charge in [-0.2, -0.15) is 0 Å². The van der Waals surface area contributed by atoms with Crippen LogP contribution in [0.1, 0.15) is 31.5 Å². The fourth-order valence-corrected chi connectivity index (χ4v) is 3.58. The highest BCUT2D eigenvalue weighted by Gasteiger charge is 2.53. The summed E-state index contributed by atoms with van der Waals surface area (Å²) in [5.41, 5.74) is -0.574. The fraction of sp³-hybridized carbons (Fsp3) is 0.769. The molecule has 0 bridgehead atoms. The van der Waals surface area contributed by atoms with Crippen molar-refractivity contribution in [1.82, 2.24) is 20.5 Å². The summed E-state index contributed by atoms with van der Waals surface area (Å²) in [7, 11) is 1.47. The van der Waals surface area contributed by atoms with Crippen molar-refractivity contribution in [3.63, 3.8) is 0 Å². The second kappa shape index (κ2) is 5.37. The van der Waals surface area contributed by atoms with Gasteiger partial charge in [0.2, 0.25) is 5.16 Å². The van der Waals surface area contributed by atoms with Crippen molar-refractivity contribution in [2.45, 2.75) is 49.3 Å². The molecule has 1 unspecified atom stereocenters. The first-order valence-corrected chi connectivity index (χ1v) is 8.00. The van der Waals surface area contributed by atoms with Crippen molar-refractivity contribution in [2.75, 3.05) is 12.9 Å². The van der Waals surface area contributed by atoms with Crippen LogP contribution in [-0.2, 0) is 9.53 Å². The number of nitrogens with one attached hydrogen (secondary N) is 2. The van der Waals surface area contributed by atoms with Crippen LogP contribution in [0.3, 0.4) is 0 Å². The first-order valence-electron chi connectivity index (χ1n) is 7.02. The number of esters is 1. The van der Waals surface area contributed by atoms with Gasteiger partial charge < -0.3 is 4.74 Å². The lowest BCUT2D eigenvalue weighted by Crippen LogP contribution is -2.57. The molecule has 2 aliphatic rings. The molecule has 0 amide bonds. The summed E-state index contributed by atoms with van der Waals surface area (Å²) in [6.07, 6.45) is 4.47.